The van der Waals surface area contributed by atoms with E-state index in [0.717, 1.165) is 5.56 Å². The maximum Gasteiger partial charge on any atom is 0.237 e. The summed E-state index contributed by atoms with van der Waals surface area (Å²) in [6, 6.07) is 5.17. The second-order valence-corrected chi connectivity index (χ2v) is 11.7. The number of nitrogens with one attached hydrogen (secondary N) is 2. The second kappa shape index (κ2) is 11.2. The third-order valence-electron chi connectivity index (χ3n) is 7.10. The molecular formula is C26H31N7O5S. The van der Waals surface area contributed by atoms with Gasteiger partial charge in [0, 0.05) is 25.1 Å². The normalized spacial score (nSPS) is 21.2. The SMILES string of the molecule is CCOc1cncc(-c2ccc(NC(=O)C3(c4ccnc(NS(=O)(=O)C5CC5)n4)CCC(OC)CC3)nc2)n1. The molecule has 3 heterocycles. The molecule has 0 radical (unpaired) electrons. The van der Waals surface area contributed by atoms with Gasteiger partial charge in [0.05, 0.1) is 47.2 Å². The predicted octanol–water partition coefficient (Wildman–Crippen LogP) is 3.10. The number of hydrogen-bond donors (Lipinski definition) is 2. The van der Waals surface area contributed by atoms with Crippen molar-refractivity contribution in [3.8, 4) is 17.1 Å². The standard InChI is InChI=1S/C26H31N7O5S/c1-3-38-23-16-27-15-20(30-23)17-4-7-22(29-14-17)32-24(34)26(11-8-18(37-2)9-12-26)21-10-13-28-25(31-21)33-39(35,36)19-5-6-19/h4,7,10,13-16,18-19H,3,5-6,8-9,11-12H2,1-2H3,(H,28,31,33)(H,29,32,34). The van der Waals surface area contributed by atoms with E-state index in [2.05, 4.69) is 35.0 Å². The van der Waals surface area contributed by atoms with Crippen LogP contribution < -0.4 is 14.8 Å². The number of methoxy groups -OCH3 is 1. The number of nitrogens with zero attached hydrogens (tertiary/aromatic N) is 5. The number of rotatable bonds is 10. The maximum atomic E-state index is 13.8. The number of amides is 1. The molecule has 0 unspecified atom stereocenters. The van der Waals surface area contributed by atoms with Gasteiger partial charge in [-0.05, 0) is 63.6 Å². The van der Waals surface area contributed by atoms with Crippen LogP contribution in [0.2, 0.25) is 0 Å². The highest BCUT2D eigenvalue weighted by atomic mass is 32.2. The first-order chi connectivity index (χ1) is 18.8. The zero-order chi connectivity index (χ0) is 27.5. The van der Waals surface area contributed by atoms with E-state index in [9.17, 15) is 13.2 Å². The topological polar surface area (TPSA) is 158 Å². The minimum atomic E-state index is -3.55. The van der Waals surface area contributed by atoms with Crippen molar-refractivity contribution < 1.29 is 22.7 Å². The molecule has 2 fully saturated rings. The Hall–Kier alpha value is -3.71. The number of carbonyl (C=O) groups is 1. The minimum Gasteiger partial charge on any atom is -0.477 e. The van der Waals surface area contributed by atoms with Crippen LogP contribution in [-0.2, 0) is 25.0 Å². The molecule has 0 atom stereocenters. The Labute approximate surface area is 227 Å². The summed E-state index contributed by atoms with van der Waals surface area (Å²) >= 11 is 0. The van der Waals surface area contributed by atoms with Crippen LogP contribution in [-0.4, -0.2) is 64.3 Å². The highest BCUT2D eigenvalue weighted by Crippen LogP contribution is 2.41. The van der Waals surface area contributed by atoms with Crippen LogP contribution in [0.25, 0.3) is 11.3 Å². The van der Waals surface area contributed by atoms with Crippen molar-refractivity contribution in [1.82, 2.24) is 24.9 Å². The highest BCUT2D eigenvalue weighted by Gasteiger charge is 2.45. The third kappa shape index (κ3) is 5.98. The molecule has 13 heteroatoms. The number of carbonyl (C=O) groups excluding carboxylic acids is 1. The van der Waals surface area contributed by atoms with E-state index < -0.39 is 20.7 Å². The average molecular weight is 554 g/mol. The van der Waals surface area contributed by atoms with E-state index in [1.807, 2.05) is 6.92 Å². The number of aromatic nitrogens is 5. The van der Waals surface area contributed by atoms with Crippen molar-refractivity contribution in [3.63, 3.8) is 0 Å². The number of anilines is 2. The summed E-state index contributed by atoms with van der Waals surface area (Å²) < 4.78 is 38.3. The van der Waals surface area contributed by atoms with Gasteiger partial charge in [-0.1, -0.05) is 0 Å². The van der Waals surface area contributed by atoms with E-state index in [-0.39, 0.29) is 18.0 Å². The Morgan fingerprint density at radius 3 is 2.51 bits per heavy atom. The number of pyridine rings is 1. The van der Waals surface area contributed by atoms with Crippen molar-refractivity contribution in [2.45, 2.75) is 62.2 Å². The van der Waals surface area contributed by atoms with Gasteiger partial charge >= 0.3 is 0 Å². The van der Waals surface area contributed by atoms with Gasteiger partial charge in [0.2, 0.25) is 27.8 Å². The summed E-state index contributed by atoms with van der Waals surface area (Å²) in [6.45, 7) is 2.35. The fraction of sp³-hybridized carbons (Fsp3) is 0.462. The van der Waals surface area contributed by atoms with E-state index in [4.69, 9.17) is 9.47 Å². The van der Waals surface area contributed by atoms with Crippen molar-refractivity contribution in [1.29, 1.82) is 0 Å². The average Bonchev–Trinajstić information content (AvgIpc) is 3.81. The summed E-state index contributed by atoms with van der Waals surface area (Å²) in [5, 5.41) is 2.52. The lowest BCUT2D eigenvalue weighted by molar-refractivity contribution is -0.124. The molecule has 39 heavy (non-hydrogen) atoms. The van der Waals surface area contributed by atoms with Crippen LogP contribution in [0, 0.1) is 0 Å². The molecule has 0 bridgehead atoms. The lowest BCUT2D eigenvalue weighted by Gasteiger charge is -2.38. The first-order valence-electron chi connectivity index (χ1n) is 12.9. The summed E-state index contributed by atoms with van der Waals surface area (Å²) in [5.41, 5.74) is 0.774. The predicted molar refractivity (Wildman–Crippen MR) is 144 cm³/mol. The van der Waals surface area contributed by atoms with E-state index >= 15 is 0 Å². The van der Waals surface area contributed by atoms with Gasteiger partial charge in [-0.15, -0.1) is 0 Å². The summed E-state index contributed by atoms with van der Waals surface area (Å²) in [6.07, 6.45) is 9.78. The molecule has 3 aromatic heterocycles. The fourth-order valence-corrected chi connectivity index (χ4v) is 6.02. The van der Waals surface area contributed by atoms with E-state index in [1.165, 1.54) is 6.20 Å². The zero-order valence-electron chi connectivity index (χ0n) is 21.8. The maximum absolute atomic E-state index is 13.8. The van der Waals surface area contributed by atoms with Gasteiger partial charge in [0.25, 0.3) is 0 Å². The molecule has 0 aliphatic heterocycles. The molecule has 5 rings (SSSR count). The van der Waals surface area contributed by atoms with E-state index in [0.29, 0.717) is 68.2 Å². The molecular weight excluding hydrogens is 522 g/mol. The van der Waals surface area contributed by atoms with Crippen molar-refractivity contribution in [2.75, 3.05) is 23.8 Å². The second-order valence-electron chi connectivity index (χ2n) is 9.69. The Kier molecular flexibility index (Phi) is 7.71. The van der Waals surface area contributed by atoms with Crippen LogP contribution in [0.5, 0.6) is 5.88 Å². The Morgan fingerprint density at radius 1 is 1.05 bits per heavy atom. The quantitative estimate of drug-likeness (QED) is 0.382. The minimum absolute atomic E-state index is 0.0293. The van der Waals surface area contributed by atoms with Crippen LogP contribution in [0.3, 0.4) is 0 Å². The van der Waals surface area contributed by atoms with Crippen molar-refractivity contribution >= 4 is 27.7 Å². The largest absolute Gasteiger partial charge is 0.477 e. The number of sulfonamides is 1. The first-order valence-corrected chi connectivity index (χ1v) is 14.5. The van der Waals surface area contributed by atoms with Gasteiger partial charge in [-0.25, -0.2) is 28.4 Å². The van der Waals surface area contributed by atoms with Gasteiger partial charge in [0.15, 0.2) is 0 Å². The van der Waals surface area contributed by atoms with Crippen LogP contribution in [0.4, 0.5) is 11.8 Å². The first kappa shape index (κ1) is 26.9. The molecule has 3 aromatic rings. The van der Waals surface area contributed by atoms with Crippen molar-refractivity contribution in [3.05, 3.63) is 48.7 Å². The zero-order valence-corrected chi connectivity index (χ0v) is 22.6. The molecule has 2 aliphatic rings. The van der Waals surface area contributed by atoms with Gasteiger partial charge < -0.3 is 14.8 Å². The molecule has 1 amide bonds. The van der Waals surface area contributed by atoms with Crippen LogP contribution in [0.1, 0.15) is 51.1 Å². The molecule has 2 saturated carbocycles. The van der Waals surface area contributed by atoms with E-state index in [1.54, 1.807) is 43.9 Å². The molecule has 0 aromatic carbocycles. The molecule has 206 valence electrons. The Bertz CT molecular complexity index is 1420. The lowest BCUT2D eigenvalue weighted by Crippen LogP contribution is -2.45. The van der Waals surface area contributed by atoms with Crippen LogP contribution >= 0.6 is 0 Å². The summed E-state index contributed by atoms with van der Waals surface area (Å²) in [7, 11) is -1.89. The third-order valence-corrected chi connectivity index (χ3v) is 8.92. The smallest absolute Gasteiger partial charge is 0.237 e. The monoisotopic (exact) mass is 553 g/mol. The van der Waals surface area contributed by atoms with Crippen LogP contribution in [0.15, 0.2) is 43.0 Å². The molecule has 0 spiro atoms. The molecule has 12 nitrogen and oxygen atoms in total. The molecule has 2 aliphatic carbocycles. The number of hydrogen-bond acceptors (Lipinski definition) is 10. The highest BCUT2D eigenvalue weighted by molar-refractivity contribution is 7.93. The number of ether oxygens (including phenoxy) is 2. The Morgan fingerprint density at radius 2 is 1.85 bits per heavy atom. The van der Waals surface area contributed by atoms with Crippen molar-refractivity contribution in [2.24, 2.45) is 0 Å². The molecule has 0 saturated heterocycles. The lowest BCUT2D eigenvalue weighted by atomic mass is 9.70. The summed E-state index contributed by atoms with van der Waals surface area (Å²) in [5.74, 6) is 0.489. The Balaban J connectivity index is 1.38. The fourth-order valence-electron chi connectivity index (χ4n) is 4.74. The van der Waals surface area contributed by atoms with Gasteiger partial charge in [-0.3, -0.25) is 14.5 Å². The molecule has 2 N–H and O–H groups in total. The van der Waals surface area contributed by atoms with Gasteiger partial charge in [0.1, 0.15) is 5.82 Å². The van der Waals surface area contributed by atoms with Gasteiger partial charge in [-0.2, -0.15) is 0 Å². The summed E-state index contributed by atoms with van der Waals surface area (Å²) in [4.78, 5) is 35.5.